The standard InChI is InChI=1S/C20H25BrN2O3S/c1-5-23(6-2)27(25,26)16-11-12-19(21)18(13-16)20(24)22-15(4)17-10-8-7-9-14(17)3/h7-13,15H,5-6H2,1-4H3,(H,22,24). The number of halogens is 1. The number of hydrogen-bond donors (Lipinski definition) is 1. The molecule has 0 spiro atoms. The predicted molar refractivity (Wildman–Crippen MR) is 111 cm³/mol. The topological polar surface area (TPSA) is 66.5 Å². The van der Waals surface area contributed by atoms with Crippen LogP contribution < -0.4 is 5.32 Å². The number of hydrogen-bond acceptors (Lipinski definition) is 3. The molecule has 27 heavy (non-hydrogen) atoms. The Morgan fingerprint density at radius 3 is 2.37 bits per heavy atom. The molecule has 0 aliphatic rings. The van der Waals surface area contributed by atoms with Gasteiger partial charge in [-0.15, -0.1) is 0 Å². The van der Waals surface area contributed by atoms with Gasteiger partial charge >= 0.3 is 0 Å². The van der Waals surface area contributed by atoms with Crippen LogP contribution in [0.4, 0.5) is 0 Å². The second kappa shape index (κ2) is 8.99. The lowest BCUT2D eigenvalue weighted by Crippen LogP contribution is -2.31. The van der Waals surface area contributed by atoms with Gasteiger partial charge in [-0.2, -0.15) is 4.31 Å². The quantitative estimate of drug-likeness (QED) is 0.681. The van der Waals surface area contributed by atoms with E-state index < -0.39 is 10.0 Å². The summed E-state index contributed by atoms with van der Waals surface area (Å²) in [6, 6.07) is 12.2. The molecule has 1 amide bonds. The van der Waals surface area contributed by atoms with Crippen molar-refractivity contribution in [1.29, 1.82) is 0 Å². The third-order valence-corrected chi connectivity index (χ3v) is 7.27. The molecule has 0 fully saturated rings. The van der Waals surface area contributed by atoms with Crippen LogP contribution in [0.1, 0.15) is 48.3 Å². The van der Waals surface area contributed by atoms with Crippen molar-refractivity contribution >= 4 is 31.9 Å². The highest BCUT2D eigenvalue weighted by atomic mass is 79.9. The third kappa shape index (κ3) is 4.78. The Kier molecular flexibility index (Phi) is 7.19. The van der Waals surface area contributed by atoms with Gasteiger partial charge in [0.2, 0.25) is 10.0 Å². The highest BCUT2D eigenvalue weighted by molar-refractivity contribution is 9.10. The summed E-state index contributed by atoms with van der Waals surface area (Å²) in [6.07, 6.45) is 0. The number of benzene rings is 2. The molecule has 0 radical (unpaired) electrons. The normalized spacial score (nSPS) is 12.8. The summed E-state index contributed by atoms with van der Waals surface area (Å²) in [5, 5.41) is 2.95. The van der Waals surface area contributed by atoms with E-state index in [-0.39, 0.29) is 16.8 Å². The van der Waals surface area contributed by atoms with E-state index in [1.807, 2.05) is 38.1 Å². The molecule has 1 unspecified atom stereocenters. The molecule has 0 aromatic heterocycles. The molecule has 1 atom stereocenters. The Hall–Kier alpha value is -1.70. The van der Waals surface area contributed by atoms with Gasteiger partial charge in [0.05, 0.1) is 16.5 Å². The first-order chi connectivity index (χ1) is 12.7. The largest absolute Gasteiger partial charge is 0.345 e. The molecule has 0 saturated carbocycles. The molecule has 2 rings (SSSR count). The molecule has 146 valence electrons. The van der Waals surface area contributed by atoms with Crippen LogP contribution in [0.2, 0.25) is 0 Å². The van der Waals surface area contributed by atoms with Crippen molar-refractivity contribution in [3.8, 4) is 0 Å². The van der Waals surface area contributed by atoms with E-state index >= 15 is 0 Å². The molecule has 0 aliphatic heterocycles. The fourth-order valence-electron chi connectivity index (χ4n) is 2.98. The number of carbonyl (C=O) groups excluding carboxylic acids is 1. The second-order valence-corrected chi connectivity index (χ2v) is 9.07. The number of sulfonamides is 1. The zero-order valence-corrected chi connectivity index (χ0v) is 18.4. The lowest BCUT2D eigenvalue weighted by atomic mass is 10.0. The molecular weight excluding hydrogens is 428 g/mol. The van der Waals surface area contributed by atoms with Gasteiger partial charge in [-0.3, -0.25) is 4.79 Å². The maximum absolute atomic E-state index is 12.8. The molecule has 2 aromatic carbocycles. The van der Waals surface area contributed by atoms with Gasteiger partial charge in [-0.1, -0.05) is 38.1 Å². The van der Waals surface area contributed by atoms with E-state index in [0.29, 0.717) is 23.1 Å². The van der Waals surface area contributed by atoms with Crippen LogP contribution in [-0.2, 0) is 10.0 Å². The van der Waals surface area contributed by atoms with E-state index in [2.05, 4.69) is 21.2 Å². The summed E-state index contributed by atoms with van der Waals surface area (Å²) in [5.74, 6) is -0.325. The van der Waals surface area contributed by atoms with Crippen molar-refractivity contribution in [1.82, 2.24) is 9.62 Å². The number of carbonyl (C=O) groups is 1. The van der Waals surface area contributed by atoms with Crippen LogP contribution in [-0.4, -0.2) is 31.7 Å². The Labute approximate surface area is 170 Å². The summed E-state index contributed by atoms with van der Waals surface area (Å²) >= 11 is 3.36. The van der Waals surface area contributed by atoms with Crippen LogP contribution in [0, 0.1) is 6.92 Å². The maximum atomic E-state index is 12.8. The molecular formula is C20H25BrN2O3S. The van der Waals surface area contributed by atoms with E-state index in [1.165, 1.54) is 16.4 Å². The van der Waals surface area contributed by atoms with E-state index in [0.717, 1.165) is 11.1 Å². The lowest BCUT2D eigenvalue weighted by molar-refractivity contribution is 0.0939. The van der Waals surface area contributed by atoms with Crippen molar-refractivity contribution in [2.24, 2.45) is 0 Å². The van der Waals surface area contributed by atoms with E-state index in [1.54, 1.807) is 19.9 Å². The average molecular weight is 453 g/mol. The Morgan fingerprint density at radius 2 is 1.78 bits per heavy atom. The molecule has 0 aliphatic carbocycles. The minimum absolute atomic E-state index is 0.114. The maximum Gasteiger partial charge on any atom is 0.252 e. The molecule has 0 bridgehead atoms. The van der Waals surface area contributed by atoms with Crippen LogP contribution in [0.5, 0.6) is 0 Å². The summed E-state index contributed by atoms with van der Waals surface area (Å²) in [7, 11) is -3.63. The summed E-state index contributed by atoms with van der Waals surface area (Å²) < 4.78 is 27.4. The van der Waals surface area contributed by atoms with Crippen molar-refractivity contribution in [3.63, 3.8) is 0 Å². The van der Waals surface area contributed by atoms with E-state index in [9.17, 15) is 13.2 Å². The van der Waals surface area contributed by atoms with Crippen molar-refractivity contribution in [2.45, 2.75) is 38.6 Å². The molecule has 5 nitrogen and oxygen atoms in total. The lowest BCUT2D eigenvalue weighted by Gasteiger charge is -2.20. The summed E-state index contributed by atoms with van der Waals surface area (Å²) in [4.78, 5) is 12.9. The van der Waals surface area contributed by atoms with Gasteiger partial charge in [-0.05, 0) is 59.1 Å². The zero-order valence-electron chi connectivity index (χ0n) is 16.0. The van der Waals surface area contributed by atoms with Crippen LogP contribution in [0.25, 0.3) is 0 Å². The third-order valence-electron chi connectivity index (χ3n) is 4.53. The van der Waals surface area contributed by atoms with Gasteiger partial charge in [0.1, 0.15) is 0 Å². The Bertz CT molecular complexity index is 925. The van der Waals surface area contributed by atoms with Crippen LogP contribution in [0.3, 0.4) is 0 Å². The average Bonchev–Trinajstić information content (AvgIpc) is 2.62. The number of rotatable bonds is 7. The SMILES string of the molecule is CCN(CC)S(=O)(=O)c1ccc(Br)c(C(=O)NC(C)c2ccccc2C)c1. The molecule has 0 saturated heterocycles. The first-order valence-corrected chi connectivity index (χ1v) is 11.1. The zero-order chi connectivity index (χ0) is 20.2. The van der Waals surface area contributed by atoms with E-state index in [4.69, 9.17) is 0 Å². The first-order valence-electron chi connectivity index (χ1n) is 8.88. The van der Waals surface area contributed by atoms with Gasteiger partial charge in [0.15, 0.2) is 0 Å². The molecule has 2 aromatic rings. The highest BCUT2D eigenvalue weighted by Crippen LogP contribution is 2.25. The molecule has 0 heterocycles. The van der Waals surface area contributed by atoms with Crippen LogP contribution in [0.15, 0.2) is 51.8 Å². The number of nitrogens with one attached hydrogen (secondary N) is 1. The van der Waals surface area contributed by atoms with Crippen LogP contribution >= 0.6 is 15.9 Å². The number of amides is 1. The summed E-state index contributed by atoms with van der Waals surface area (Å²) in [5.41, 5.74) is 2.40. The Morgan fingerprint density at radius 1 is 1.15 bits per heavy atom. The second-order valence-electron chi connectivity index (χ2n) is 6.28. The summed E-state index contributed by atoms with van der Waals surface area (Å²) in [6.45, 7) is 8.23. The minimum Gasteiger partial charge on any atom is -0.345 e. The molecule has 7 heteroatoms. The number of aryl methyl sites for hydroxylation is 1. The van der Waals surface area contributed by atoms with Gasteiger partial charge in [0.25, 0.3) is 5.91 Å². The highest BCUT2D eigenvalue weighted by Gasteiger charge is 2.24. The number of nitrogens with zero attached hydrogens (tertiary/aromatic N) is 1. The Balaban J connectivity index is 2.33. The van der Waals surface area contributed by atoms with Gasteiger partial charge < -0.3 is 5.32 Å². The fourth-order valence-corrected chi connectivity index (χ4v) is 4.89. The minimum atomic E-state index is -3.63. The van der Waals surface area contributed by atoms with Gasteiger partial charge in [0, 0.05) is 17.6 Å². The fraction of sp³-hybridized carbons (Fsp3) is 0.350. The smallest absolute Gasteiger partial charge is 0.252 e. The first kappa shape index (κ1) is 21.6. The van der Waals surface area contributed by atoms with Crippen molar-refractivity contribution in [3.05, 3.63) is 63.6 Å². The predicted octanol–water partition coefficient (Wildman–Crippen LogP) is 4.28. The van der Waals surface area contributed by atoms with Gasteiger partial charge in [-0.25, -0.2) is 8.42 Å². The van der Waals surface area contributed by atoms with Crippen molar-refractivity contribution < 1.29 is 13.2 Å². The van der Waals surface area contributed by atoms with Crippen molar-refractivity contribution in [2.75, 3.05) is 13.1 Å². The monoisotopic (exact) mass is 452 g/mol. The molecule has 1 N–H and O–H groups in total.